The quantitative estimate of drug-likeness (QED) is 0.710. The molecule has 0 N–H and O–H groups in total. The van der Waals surface area contributed by atoms with Gasteiger partial charge in [-0.25, -0.2) is 0 Å². The number of amides is 1. The number of hydrogen-bond acceptors (Lipinski definition) is 1. The topological polar surface area (TPSA) is 20.3 Å². The molecule has 0 aromatic rings. The van der Waals surface area contributed by atoms with Gasteiger partial charge in [-0.3, -0.25) is 4.79 Å². The van der Waals surface area contributed by atoms with Crippen LogP contribution in [0.25, 0.3) is 0 Å². The van der Waals surface area contributed by atoms with E-state index in [1.165, 1.54) is 6.42 Å². The number of halogens is 1. The zero-order valence-corrected chi connectivity index (χ0v) is 11.8. The van der Waals surface area contributed by atoms with E-state index in [-0.39, 0.29) is 10.7 Å². The van der Waals surface area contributed by atoms with Gasteiger partial charge < -0.3 is 4.90 Å². The Morgan fingerprint density at radius 3 is 2.13 bits per heavy atom. The van der Waals surface area contributed by atoms with Gasteiger partial charge in [0, 0.05) is 13.1 Å². The molecular formula is C12H22BrNO. The molecule has 3 heteroatoms. The Kier molecular flexibility index (Phi) is 4.63. The summed E-state index contributed by atoms with van der Waals surface area (Å²) in [4.78, 5) is 14.1. The Labute approximate surface area is 102 Å². The van der Waals surface area contributed by atoms with E-state index in [4.69, 9.17) is 0 Å². The first-order chi connectivity index (χ1) is 6.91. The average Bonchev–Trinajstić information content (AvgIpc) is 2.13. The van der Waals surface area contributed by atoms with E-state index in [1.54, 1.807) is 0 Å². The molecule has 1 heterocycles. The minimum absolute atomic E-state index is 0.0185. The lowest BCUT2D eigenvalue weighted by molar-refractivity contribution is -0.133. The lowest BCUT2D eigenvalue weighted by Gasteiger charge is -2.36. The minimum atomic E-state index is -0.0185. The normalized spacial score (nSPS) is 29.3. The molecule has 1 rings (SSSR count). The fourth-order valence-electron chi connectivity index (χ4n) is 2.30. The Balaban J connectivity index is 2.59. The molecule has 0 saturated carbocycles. The van der Waals surface area contributed by atoms with Crippen molar-refractivity contribution in [1.29, 1.82) is 0 Å². The molecule has 3 atom stereocenters. The maximum Gasteiger partial charge on any atom is 0.236 e. The molecule has 0 aliphatic carbocycles. The van der Waals surface area contributed by atoms with Crippen LogP contribution in [0.15, 0.2) is 0 Å². The van der Waals surface area contributed by atoms with Crippen LogP contribution >= 0.6 is 15.9 Å². The number of carbonyl (C=O) groups is 1. The molecule has 1 saturated heterocycles. The Bertz CT molecular complexity index is 220. The predicted octanol–water partition coefficient (Wildman–Crippen LogP) is 2.91. The van der Waals surface area contributed by atoms with E-state index < -0.39 is 0 Å². The summed E-state index contributed by atoms with van der Waals surface area (Å²) in [6, 6.07) is 0. The Morgan fingerprint density at radius 2 is 1.73 bits per heavy atom. The first kappa shape index (κ1) is 13.0. The van der Waals surface area contributed by atoms with Gasteiger partial charge in [0.2, 0.25) is 5.91 Å². The van der Waals surface area contributed by atoms with Crippen LogP contribution in [0.1, 0.15) is 34.1 Å². The van der Waals surface area contributed by atoms with Gasteiger partial charge in [0.25, 0.3) is 0 Å². The van der Waals surface area contributed by atoms with E-state index in [1.807, 2.05) is 4.90 Å². The lowest BCUT2D eigenvalue weighted by Crippen LogP contribution is -2.46. The molecule has 0 spiro atoms. The summed E-state index contributed by atoms with van der Waals surface area (Å²) >= 11 is 3.49. The van der Waals surface area contributed by atoms with Gasteiger partial charge in [-0.2, -0.15) is 0 Å². The highest BCUT2D eigenvalue weighted by Crippen LogP contribution is 2.24. The molecule has 3 unspecified atom stereocenters. The summed E-state index contributed by atoms with van der Waals surface area (Å²) in [5.74, 6) is 1.92. The molecule has 1 fully saturated rings. The van der Waals surface area contributed by atoms with Crippen molar-refractivity contribution in [3.63, 3.8) is 0 Å². The highest BCUT2D eigenvalue weighted by Gasteiger charge is 2.29. The fourth-order valence-corrected chi connectivity index (χ4v) is 2.59. The molecule has 1 aliphatic heterocycles. The van der Waals surface area contributed by atoms with E-state index >= 15 is 0 Å². The largest absolute Gasteiger partial charge is 0.341 e. The standard InChI is InChI=1S/C12H22BrNO/c1-8(2)11(13)12(15)14-6-9(3)5-10(4)7-14/h8-11H,5-7H2,1-4H3. The summed E-state index contributed by atoms with van der Waals surface area (Å²) in [7, 11) is 0. The van der Waals surface area contributed by atoms with E-state index in [0.29, 0.717) is 17.8 Å². The third-order valence-electron chi connectivity index (χ3n) is 3.00. The van der Waals surface area contributed by atoms with Crippen LogP contribution in [0.5, 0.6) is 0 Å². The van der Waals surface area contributed by atoms with Crippen LogP contribution in [-0.2, 0) is 4.79 Å². The number of nitrogens with zero attached hydrogens (tertiary/aromatic N) is 1. The van der Waals surface area contributed by atoms with Crippen LogP contribution in [0, 0.1) is 17.8 Å². The third kappa shape index (κ3) is 3.47. The highest BCUT2D eigenvalue weighted by molar-refractivity contribution is 9.10. The SMILES string of the molecule is CC1CC(C)CN(C(=O)C(Br)C(C)C)C1. The summed E-state index contributed by atoms with van der Waals surface area (Å²) in [6.07, 6.45) is 1.25. The van der Waals surface area contributed by atoms with Crippen LogP contribution in [0.3, 0.4) is 0 Å². The van der Waals surface area contributed by atoms with E-state index in [0.717, 1.165) is 13.1 Å². The van der Waals surface area contributed by atoms with E-state index in [9.17, 15) is 4.79 Å². The molecule has 2 nitrogen and oxygen atoms in total. The van der Waals surface area contributed by atoms with Crippen LogP contribution in [-0.4, -0.2) is 28.7 Å². The molecule has 0 radical (unpaired) electrons. The van der Waals surface area contributed by atoms with Gasteiger partial charge in [-0.15, -0.1) is 0 Å². The average molecular weight is 276 g/mol. The lowest BCUT2D eigenvalue weighted by atomic mass is 9.91. The van der Waals surface area contributed by atoms with Crippen LogP contribution in [0.2, 0.25) is 0 Å². The Hall–Kier alpha value is -0.0500. The predicted molar refractivity (Wildman–Crippen MR) is 67.1 cm³/mol. The molecule has 0 aromatic carbocycles. The van der Waals surface area contributed by atoms with Crippen molar-refractivity contribution < 1.29 is 4.79 Å². The van der Waals surface area contributed by atoms with Crippen molar-refractivity contribution in [3.8, 4) is 0 Å². The number of alkyl halides is 1. The number of carbonyl (C=O) groups excluding carboxylic acids is 1. The summed E-state index contributed by atoms with van der Waals surface area (Å²) in [5.41, 5.74) is 0. The molecule has 15 heavy (non-hydrogen) atoms. The van der Waals surface area contributed by atoms with Gasteiger partial charge in [0.15, 0.2) is 0 Å². The van der Waals surface area contributed by atoms with Gasteiger partial charge >= 0.3 is 0 Å². The van der Waals surface area contributed by atoms with Gasteiger partial charge in [0.05, 0.1) is 4.83 Å². The maximum atomic E-state index is 12.1. The van der Waals surface area contributed by atoms with E-state index in [2.05, 4.69) is 43.6 Å². The first-order valence-electron chi connectivity index (χ1n) is 5.84. The van der Waals surface area contributed by atoms with Gasteiger partial charge in [-0.1, -0.05) is 43.6 Å². The zero-order valence-electron chi connectivity index (χ0n) is 10.2. The minimum Gasteiger partial charge on any atom is -0.341 e. The molecule has 1 amide bonds. The smallest absolute Gasteiger partial charge is 0.236 e. The number of hydrogen-bond donors (Lipinski definition) is 0. The van der Waals surface area contributed by atoms with Crippen molar-refractivity contribution in [2.75, 3.05) is 13.1 Å². The summed E-state index contributed by atoms with van der Waals surface area (Å²) in [6.45, 7) is 10.5. The van der Waals surface area contributed by atoms with Crippen molar-refractivity contribution in [3.05, 3.63) is 0 Å². The van der Waals surface area contributed by atoms with Crippen molar-refractivity contribution in [2.24, 2.45) is 17.8 Å². The summed E-state index contributed by atoms with van der Waals surface area (Å²) in [5, 5.41) is 0. The second-order valence-electron chi connectivity index (χ2n) is 5.34. The Morgan fingerprint density at radius 1 is 1.27 bits per heavy atom. The molecule has 1 aliphatic rings. The highest BCUT2D eigenvalue weighted by atomic mass is 79.9. The number of likely N-dealkylation sites (tertiary alicyclic amines) is 1. The summed E-state index contributed by atoms with van der Waals surface area (Å²) < 4.78 is 0. The maximum absolute atomic E-state index is 12.1. The molecule has 0 aromatic heterocycles. The van der Waals surface area contributed by atoms with Crippen molar-refractivity contribution in [1.82, 2.24) is 4.90 Å². The molecule has 88 valence electrons. The first-order valence-corrected chi connectivity index (χ1v) is 6.76. The molecular weight excluding hydrogens is 254 g/mol. The van der Waals surface area contributed by atoms with Crippen molar-refractivity contribution >= 4 is 21.8 Å². The fraction of sp³-hybridized carbons (Fsp3) is 0.917. The number of piperidine rings is 1. The third-order valence-corrected chi connectivity index (χ3v) is 4.45. The molecule has 0 bridgehead atoms. The second kappa shape index (κ2) is 5.33. The van der Waals surface area contributed by atoms with Gasteiger partial charge in [0.1, 0.15) is 0 Å². The zero-order chi connectivity index (χ0) is 11.6. The van der Waals surface area contributed by atoms with Crippen LogP contribution in [0.4, 0.5) is 0 Å². The monoisotopic (exact) mass is 275 g/mol. The number of rotatable bonds is 2. The second-order valence-corrected chi connectivity index (χ2v) is 6.32. The van der Waals surface area contributed by atoms with Gasteiger partial charge in [-0.05, 0) is 24.2 Å². The van der Waals surface area contributed by atoms with Crippen LogP contribution < -0.4 is 0 Å². The van der Waals surface area contributed by atoms with Crippen molar-refractivity contribution in [2.45, 2.75) is 38.9 Å².